The van der Waals surface area contributed by atoms with Crippen LogP contribution < -0.4 is 5.56 Å². The summed E-state index contributed by atoms with van der Waals surface area (Å²) in [7, 11) is 1.72. The molecule has 0 aliphatic heterocycles. The number of aromatic nitrogens is 4. The van der Waals surface area contributed by atoms with Gasteiger partial charge in [-0.3, -0.25) is 4.79 Å². The summed E-state index contributed by atoms with van der Waals surface area (Å²) in [6.45, 7) is 2.38. The van der Waals surface area contributed by atoms with Crippen LogP contribution in [-0.2, 0) is 13.6 Å². The molecule has 0 aliphatic rings. The molecule has 0 radical (unpaired) electrons. The van der Waals surface area contributed by atoms with Gasteiger partial charge in [0.25, 0.3) is 5.56 Å². The van der Waals surface area contributed by atoms with E-state index in [1.54, 1.807) is 24.0 Å². The second-order valence-corrected chi connectivity index (χ2v) is 5.57. The van der Waals surface area contributed by atoms with Gasteiger partial charge in [-0.15, -0.1) is 0 Å². The average Bonchev–Trinajstić information content (AvgIpc) is 2.82. The van der Waals surface area contributed by atoms with E-state index in [0.29, 0.717) is 23.2 Å². The van der Waals surface area contributed by atoms with Crippen molar-refractivity contribution in [2.45, 2.75) is 13.5 Å². The van der Waals surface area contributed by atoms with Crippen LogP contribution in [0.25, 0.3) is 11.4 Å². The van der Waals surface area contributed by atoms with E-state index in [9.17, 15) is 4.79 Å². The number of aryl methyl sites for hydroxylation is 2. The minimum atomic E-state index is -0.0764. The predicted octanol–water partition coefficient (Wildman–Crippen LogP) is 2.65. The van der Waals surface area contributed by atoms with Crippen molar-refractivity contribution in [3.8, 4) is 11.4 Å². The standard InChI is InChI=1S/C16H15ClN4O/c1-11-18-16(13-6-7-20(2)15(22)9-13)21(19-11)10-12-4-3-5-14(17)8-12/h3-9H,10H2,1-2H3. The fourth-order valence-corrected chi connectivity index (χ4v) is 2.49. The molecule has 0 fully saturated rings. The minimum absolute atomic E-state index is 0.0764. The van der Waals surface area contributed by atoms with Gasteiger partial charge in [-0.05, 0) is 30.7 Å². The summed E-state index contributed by atoms with van der Waals surface area (Å²) < 4.78 is 3.31. The first-order valence-electron chi connectivity index (χ1n) is 6.86. The number of benzene rings is 1. The van der Waals surface area contributed by atoms with E-state index in [0.717, 1.165) is 11.1 Å². The van der Waals surface area contributed by atoms with Crippen LogP contribution in [0.5, 0.6) is 0 Å². The van der Waals surface area contributed by atoms with Crippen LogP contribution in [0.2, 0.25) is 5.02 Å². The molecule has 2 heterocycles. The maximum atomic E-state index is 11.8. The van der Waals surface area contributed by atoms with Crippen molar-refractivity contribution in [2.75, 3.05) is 0 Å². The number of nitrogens with zero attached hydrogens (tertiary/aromatic N) is 4. The van der Waals surface area contributed by atoms with Crippen LogP contribution in [-0.4, -0.2) is 19.3 Å². The zero-order valence-electron chi connectivity index (χ0n) is 12.3. The maximum Gasteiger partial charge on any atom is 0.250 e. The van der Waals surface area contributed by atoms with Gasteiger partial charge < -0.3 is 4.57 Å². The summed E-state index contributed by atoms with van der Waals surface area (Å²) in [5.74, 6) is 1.34. The van der Waals surface area contributed by atoms with E-state index >= 15 is 0 Å². The van der Waals surface area contributed by atoms with Gasteiger partial charge in [0.1, 0.15) is 5.82 Å². The molecule has 1 aromatic carbocycles. The Bertz CT molecular complexity index is 882. The largest absolute Gasteiger partial charge is 0.319 e. The second kappa shape index (κ2) is 5.77. The topological polar surface area (TPSA) is 52.7 Å². The monoisotopic (exact) mass is 314 g/mol. The van der Waals surface area contributed by atoms with Crippen LogP contribution >= 0.6 is 11.6 Å². The molecular weight excluding hydrogens is 300 g/mol. The molecule has 3 rings (SSSR count). The Labute approximate surface area is 132 Å². The van der Waals surface area contributed by atoms with Gasteiger partial charge in [0, 0.05) is 29.9 Å². The lowest BCUT2D eigenvalue weighted by molar-refractivity contribution is 0.686. The van der Waals surface area contributed by atoms with E-state index in [1.165, 1.54) is 4.57 Å². The number of pyridine rings is 1. The normalized spacial score (nSPS) is 10.9. The highest BCUT2D eigenvalue weighted by Crippen LogP contribution is 2.18. The molecule has 22 heavy (non-hydrogen) atoms. The first-order chi connectivity index (χ1) is 10.5. The first kappa shape index (κ1) is 14.5. The summed E-state index contributed by atoms with van der Waals surface area (Å²) >= 11 is 6.02. The quantitative estimate of drug-likeness (QED) is 0.747. The van der Waals surface area contributed by atoms with Crippen LogP contribution in [0, 0.1) is 6.92 Å². The fourth-order valence-electron chi connectivity index (χ4n) is 2.28. The van der Waals surface area contributed by atoms with E-state index in [-0.39, 0.29) is 5.56 Å². The van der Waals surface area contributed by atoms with Crippen molar-refractivity contribution >= 4 is 11.6 Å². The highest BCUT2D eigenvalue weighted by Gasteiger charge is 2.11. The zero-order chi connectivity index (χ0) is 15.7. The zero-order valence-corrected chi connectivity index (χ0v) is 13.1. The van der Waals surface area contributed by atoms with Crippen LogP contribution in [0.15, 0.2) is 47.4 Å². The van der Waals surface area contributed by atoms with Crippen molar-refractivity contribution in [3.63, 3.8) is 0 Å². The highest BCUT2D eigenvalue weighted by atomic mass is 35.5. The van der Waals surface area contributed by atoms with Gasteiger partial charge in [-0.1, -0.05) is 23.7 Å². The number of hydrogen-bond acceptors (Lipinski definition) is 3. The summed E-state index contributed by atoms with van der Waals surface area (Å²) in [5, 5.41) is 5.10. The molecule has 0 bridgehead atoms. The molecule has 112 valence electrons. The van der Waals surface area contributed by atoms with E-state index < -0.39 is 0 Å². The second-order valence-electron chi connectivity index (χ2n) is 5.13. The van der Waals surface area contributed by atoms with Crippen molar-refractivity contribution in [3.05, 3.63) is 69.4 Å². The molecule has 0 spiro atoms. The smallest absolute Gasteiger partial charge is 0.250 e. The Morgan fingerprint density at radius 3 is 2.77 bits per heavy atom. The van der Waals surface area contributed by atoms with Crippen molar-refractivity contribution in [1.29, 1.82) is 0 Å². The summed E-state index contributed by atoms with van der Waals surface area (Å²) in [5.41, 5.74) is 1.71. The fraction of sp³-hybridized carbons (Fsp3) is 0.188. The molecule has 2 aromatic heterocycles. The average molecular weight is 315 g/mol. The lowest BCUT2D eigenvalue weighted by Crippen LogP contribution is -2.15. The highest BCUT2D eigenvalue weighted by molar-refractivity contribution is 6.30. The molecule has 0 unspecified atom stereocenters. The van der Waals surface area contributed by atoms with Gasteiger partial charge in [-0.25, -0.2) is 9.67 Å². The SMILES string of the molecule is Cc1nc(-c2ccn(C)c(=O)c2)n(Cc2cccc(Cl)c2)n1. The van der Waals surface area contributed by atoms with Gasteiger partial charge >= 0.3 is 0 Å². The van der Waals surface area contributed by atoms with Crippen molar-refractivity contribution < 1.29 is 0 Å². The molecule has 3 aromatic rings. The third-order valence-electron chi connectivity index (χ3n) is 3.36. The Kier molecular flexibility index (Phi) is 3.81. The van der Waals surface area contributed by atoms with Gasteiger partial charge in [0.05, 0.1) is 6.54 Å². The van der Waals surface area contributed by atoms with Crippen molar-refractivity contribution in [2.24, 2.45) is 7.05 Å². The molecule has 0 atom stereocenters. The number of hydrogen-bond donors (Lipinski definition) is 0. The van der Waals surface area contributed by atoms with Crippen LogP contribution in [0.3, 0.4) is 0 Å². The molecule has 5 nitrogen and oxygen atoms in total. The summed E-state index contributed by atoms with van der Waals surface area (Å²) in [6.07, 6.45) is 1.73. The molecule has 0 aliphatic carbocycles. The van der Waals surface area contributed by atoms with Gasteiger partial charge in [0.2, 0.25) is 0 Å². The van der Waals surface area contributed by atoms with E-state index in [1.807, 2.05) is 37.3 Å². The Morgan fingerprint density at radius 1 is 1.23 bits per heavy atom. The summed E-state index contributed by atoms with van der Waals surface area (Å²) in [4.78, 5) is 16.3. The Hall–Kier alpha value is -2.40. The molecule has 0 N–H and O–H groups in total. The molecule has 0 amide bonds. The van der Waals surface area contributed by atoms with Crippen molar-refractivity contribution in [1.82, 2.24) is 19.3 Å². The number of rotatable bonds is 3. The molecule has 0 saturated heterocycles. The minimum Gasteiger partial charge on any atom is -0.319 e. The van der Waals surface area contributed by atoms with Crippen LogP contribution in [0.1, 0.15) is 11.4 Å². The third-order valence-corrected chi connectivity index (χ3v) is 3.60. The van der Waals surface area contributed by atoms with Gasteiger partial charge in [-0.2, -0.15) is 5.10 Å². The number of halogens is 1. The van der Waals surface area contributed by atoms with E-state index in [4.69, 9.17) is 11.6 Å². The Balaban J connectivity index is 2.02. The molecule has 0 saturated carbocycles. The first-order valence-corrected chi connectivity index (χ1v) is 7.24. The Morgan fingerprint density at radius 2 is 2.05 bits per heavy atom. The van der Waals surface area contributed by atoms with E-state index in [2.05, 4.69) is 10.1 Å². The van der Waals surface area contributed by atoms with Crippen LogP contribution in [0.4, 0.5) is 0 Å². The summed E-state index contributed by atoms with van der Waals surface area (Å²) in [6, 6.07) is 11.0. The van der Waals surface area contributed by atoms with Gasteiger partial charge in [0.15, 0.2) is 5.82 Å². The third kappa shape index (κ3) is 2.94. The lowest BCUT2D eigenvalue weighted by atomic mass is 10.2. The maximum absolute atomic E-state index is 11.8. The molecule has 6 heteroatoms. The molecular formula is C16H15ClN4O. The predicted molar refractivity (Wildman–Crippen MR) is 86.0 cm³/mol. The lowest BCUT2D eigenvalue weighted by Gasteiger charge is -2.07.